The Hall–Kier alpha value is -2.37. The zero-order chi connectivity index (χ0) is 13.1. The quantitative estimate of drug-likeness (QED) is 0.777. The molecule has 94 valence electrons. The molecular formula is C12H12FN3O2. The Morgan fingerprint density at radius 2 is 2.00 bits per heavy atom. The largest absolute Gasteiger partial charge is 0.399 e. The number of aryl methyl sites for hydroxylation is 2. The standard InChI is InChI=1S/C12H12FN3O2/c13-9-7-16(12(18)15-11(9)17)6-5-8-3-1-2-4-10(8)14/h1-4,7H,5-6,14H2,(H,15,17,18). The number of rotatable bonds is 3. The number of anilines is 1. The first-order valence-electron chi connectivity index (χ1n) is 5.40. The van der Waals surface area contributed by atoms with Gasteiger partial charge in [-0.1, -0.05) is 18.2 Å². The van der Waals surface area contributed by atoms with Gasteiger partial charge in [-0.2, -0.15) is 4.39 Å². The number of nitrogens with one attached hydrogen (secondary N) is 1. The van der Waals surface area contributed by atoms with Crippen molar-refractivity contribution in [2.24, 2.45) is 0 Å². The summed E-state index contributed by atoms with van der Waals surface area (Å²) in [7, 11) is 0. The third-order valence-electron chi connectivity index (χ3n) is 2.64. The zero-order valence-electron chi connectivity index (χ0n) is 9.52. The first kappa shape index (κ1) is 12.1. The molecular weight excluding hydrogens is 237 g/mol. The lowest BCUT2D eigenvalue weighted by atomic mass is 10.1. The second-order valence-electron chi connectivity index (χ2n) is 3.88. The second kappa shape index (κ2) is 4.87. The van der Waals surface area contributed by atoms with E-state index in [1.54, 1.807) is 6.07 Å². The van der Waals surface area contributed by atoms with Crippen LogP contribution in [0.1, 0.15) is 5.56 Å². The maximum atomic E-state index is 13.0. The minimum absolute atomic E-state index is 0.251. The smallest absolute Gasteiger partial charge is 0.328 e. The number of H-pyrrole nitrogens is 1. The normalized spacial score (nSPS) is 10.5. The highest BCUT2D eigenvalue weighted by molar-refractivity contribution is 5.46. The minimum Gasteiger partial charge on any atom is -0.399 e. The predicted octanol–water partition coefficient (Wildman–Crippen LogP) is 0.501. The molecule has 0 saturated heterocycles. The maximum Gasteiger partial charge on any atom is 0.328 e. The molecule has 0 aliphatic rings. The summed E-state index contributed by atoms with van der Waals surface area (Å²) in [5, 5.41) is 0. The fraction of sp³-hybridized carbons (Fsp3) is 0.167. The highest BCUT2D eigenvalue weighted by Gasteiger charge is 2.04. The molecule has 1 aromatic heterocycles. The molecule has 6 heteroatoms. The van der Waals surface area contributed by atoms with E-state index in [4.69, 9.17) is 5.73 Å². The summed E-state index contributed by atoms with van der Waals surface area (Å²) >= 11 is 0. The fourth-order valence-corrected chi connectivity index (χ4v) is 1.65. The molecule has 1 aromatic carbocycles. The highest BCUT2D eigenvalue weighted by Crippen LogP contribution is 2.11. The van der Waals surface area contributed by atoms with Gasteiger partial charge in [0.25, 0.3) is 5.56 Å². The molecule has 0 unspecified atom stereocenters. The molecule has 5 nitrogen and oxygen atoms in total. The number of nitrogens with zero attached hydrogens (tertiary/aromatic N) is 1. The number of aromatic nitrogens is 2. The Bertz CT molecular complexity index is 676. The Morgan fingerprint density at radius 1 is 1.28 bits per heavy atom. The van der Waals surface area contributed by atoms with Gasteiger partial charge in [-0.3, -0.25) is 14.3 Å². The van der Waals surface area contributed by atoms with Gasteiger partial charge in [0.05, 0.1) is 6.20 Å². The van der Waals surface area contributed by atoms with E-state index in [2.05, 4.69) is 0 Å². The van der Waals surface area contributed by atoms with Crippen LogP contribution in [0.5, 0.6) is 0 Å². The molecule has 0 aliphatic heterocycles. The SMILES string of the molecule is Nc1ccccc1CCn1cc(F)c(=O)[nH]c1=O. The summed E-state index contributed by atoms with van der Waals surface area (Å²) in [6, 6.07) is 7.24. The fourth-order valence-electron chi connectivity index (χ4n) is 1.65. The number of nitrogens with two attached hydrogens (primary N) is 1. The van der Waals surface area contributed by atoms with Crippen molar-refractivity contribution in [3.05, 3.63) is 62.7 Å². The lowest BCUT2D eigenvalue weighted by Crippen LogP contribution is -2.31. The van der Waals surface area contributed by atoms with Gasteiger partial charge in [-0.15, -0.1) is 0 Å². The van der Waals surface area contributed by atoms with Gasteiger partial charge in [0.15, 0.2) is 0 Å². The Labute approximate surface area is 102 Å². The Kier molecular flexibility index (Phi) is 3.27. The molecule has 0 atom stereocenters. The van der Waals surface area contributed by atoms with Crippen LogP contribution >= 0.6 is 0 Å². The van der Waals surface area contributed by atoms with Crippen LogP contribution in [0.2, 0.25) is 0 Å². The van der Waals surface area contributed by atoms with Crippen molar-refractivity contribution in [2.75, 3.05) is 5.73 Å². The van der Waals surface area contributed by atoms with Crippen LogP contribution < -0.4 is 17.0 Å². The number of aromatic amines is 1. The third-order valence-corrected chi connectivity index (χ3v) is 2.64. The van der Waals surface area contributed by atoms with Crippen LogP contribution in [0.15, 0.2) is 40.1 Å². The molecule has 1 heterocycles. The molecule has 0 saturated carbocycles. The van der Waals surface area contributed by atoms with Crippen LogP contribution in [0.3, 0.4) is 0 Å². The molecule has 2 aromatic rings. The Morgan fingerprint density at radius 3 is 2.72 bits per heavy atom. The van der Waals surface area contributed by atoms with Gasteiger partial charge in [0.1, 0.15) is 0 Å². The van der Waals surface area contributed by atoms with Crippen molar-refractivity contribution in [3.63, 3.8) is 0 Å². The summed E-state index contributed by atoms with van der Waals surface area (Å²) in [6.07, 6.45) is 1.39. The molecule has 0 amide bonds. The van der Waals surface area contributed by atoms with Crippen molar-refractivity contribution in [3.8, 4) is 0 Å². The topological polar surface area (TPSA) is 80.9 Å². The number of hydrogen-bond acceptors (Lipinski definition) is 3. The van der Waals surface area contributed by atoms with Crippen molar-refractivity contribution in [1.82, 2.24) is 9.55 Å². The molecule has 0 aliphatic carbocycles. The molecule has 0 spiro atoms. The number of nitrogen functional groups attached to an aromatic ring is 1. The van der Waals surface area contributed by atoms with Gasteiger partial charge >= 0.3 is 5.69 Å². The first-order chi connectivity index (χ1) is 8.58. The second-order valence-corrected chi connectivity index (χ2v) is 3.88. The third kappa shape index (κ3) is 2.48. The van der Waals surface area contributed by atoms with Gasteiger partial charge in [-0.05, 0) is 18.1 Å². The summed E-state index contributed by atoms with van der Waals surface area (Å²) in [4.78, 5) is 24.2. The first-order valence-corrected chi connectivity index (χ1v) is 5.40. The number of hydrogen-bond donors (Lipinski definition) is 2. The van der Waals surface area contributed by atoms with Gasteiger partial charge in [0, 0.05) is 12.2 Å². The van der Waals surface area contributed by atoms with E-state index in [9.17, 15) is 14.0 Å². The lowest BCUT2D eigenvalue weighted by molar-refractivity contribution is 0.550. The van der Waals surface area contributed by atoms with Crippen molar-refractivity contribution >= 4 is 5.69 Å². The van der Waals surface area contributed by atoms with Crippen LogP contribution in [0.25, 0.3) is 0 Å². The predicted molar refractivity (Wildman–Crippen MR) is 65.8 cm³/mol. The van der Waals surface area contributed by atoms with E-state index in [1.165, 1.54) is 0 Å². The average Bonchev–Trinajstić information content (AvgIpc) is 2.34. The number of benzene rings is 1. The van der Waals surface area contributed by atoms with Gasteiger partial charge in [-0.25, -0.2) is 4.79 Å². The summed E-state index contributed by atoms with van der Waals surface area (Å²) < 4.78 is 14.2. The van der Waals surface area contributed by atoms with Crippen molar-refractivity contribution in [1.29, 1.82) is 0 Å². The van der Waals surface area contributed by atoms with Gasteiger partial charge < -0.3 is 5.73 Å². The van der Waals surface area contributed by atoms with Gasteiger partial charge in [0.2, 0.25) is 5.82 Å². The molecule has 0 fully saturated rings. The lowest BCUT2D eigenvalue weighted by Gasteiger charge is -2.07. The van der Waals surface area contributed by atoms with Crippen LogP contribution in [-0.4, -0.2) is 9.55 Å². The van der Waals surface area contributed by atoms with Crippen LogP contribution in [-0.2, 0) is 13.0 Å². The number of halogens is 1. The molecule has 18 heavy (non-hydrogen) atoms. The highest BCUT2D eigenvalue weighted by atomic mass is 19.1. The number of para-hydroxylation sites is 1. The summed E-state index contributed by atoms with van der Waals surface area (Å²) in [5.41, 5.74) is 5.62. The van der Waals surface area contributed by atoms with Crippen molar-refractivity contribution < 1.29 is 4.39 Å². The van der Waals surface area contributed by atoms with E-state index in [1.807, 2.05) is 23.2 Å². The van der Waals surface area contributed by atoms with E-state index in [0.29, 0.717) is 12.1 Å². The molecule has 3 N–H and O–H groups in total. The molecule has 2 rings (SSSR count). The Balaban J connectivity index is 2.21. The zero-order valence-corrected chi connectivity index (χ0v) is 9.52. The monoisotopic (exact) mass is 249 g/mol. The average molecular weight is 249 g/mol. The van der Waals surface area contributed by atoms with E-state index >= 15 is 0 Å². The van der Waals surface area contributed by atoms with E-state index in [-0.39, 0.29) is 6.54 Å². The van der Waals surface area contributed by atoms with E-state index < -0.39 is 17.1 Å². The van der Waals surface area contributed by atoms with Crippen LogP contribution in [0, 0.1) is 5.82 Å². The van der Waals surface area contributed by atoms with E-state index in [0.717, 1.165) is 16.3 Å². The summed E-state index contributed by atoms with van der Waals surface area (Å²) in [5.74, 6) is -0.976. The summed E-state index contributed by atoms with van der Waals surface area (Å²) in [6.45, 7) is 0.251. The minimum atomic E-state index is -1.00. The molecule has 0 radical (unpaired) electrons. The van der Waals surface area contributed by atoms with Crippen LogP contribution in [0.4, 0.5) is 10.1 Å². The maximum absolute atomic E-state index is 13.0. The molecule has 0 bridgehead atoms. The van der Waals surface area contributed by atoms with Crippen molar-refractivity contribution in [2.45, 2.75) is 13.0 Å².